The summed E-state index contributed by atoms with van der Waals surface area (Å²) >= 11 is 1.70. The number of piperidine rings is 1. The molecule has 102 valence electrons. The van der Waals surface area contributed by atoms with E-state index in [1.165, 1.54) is 12.8 Å². The van der Waals surface area contributed by atoms with Gasteiger partial charge >= 0.3 is 0 Å². The fourth-order valence-corrected chi connectivity index (χ4v) is 3.53. The van der Waals surface area contributed by atoms with E-state index in [0.717, 1.165) is 22.0 Å². The molecule has 0 radical (unpaired) electrons. The molecule has 19 heavy (non-hydrogen) atoms. The Morgan fingerprint density at radius 2 is 2.32 bits per heavy atom. The van der Waals surface area contributed by atoms with Crippen molar-refractivity contribution in [2.24, 2.45) is 0 Å². The molecule has 1 fully saturated rings. The van der Waals surface area contributed by atoms with E-state index in [1.807, 2.05) is 6.07 Å². The third kappa shape index (κ3) is 2.42. The van der Waals surface area contributed by atoms with E-state index in [-0.39, 0.29) is 0 Å². The second-order valence-electron chi connectivity index (χ2n) is 5.33. The number of hydrogen-bond acceptors (Lipinski definition) is 6. The second kappa shape index (κ2) is 5.02. The smallest absolute Gasteiger partial charge is 0.194 e. The van der Waals surface area contributed by atoms with Crippen molar-refractivity contribution < 1.29 is 0 Å². The minimum absolute atomic E-state index is 0.569. The summed E-state index contributed by atoms with van der Waals surface area (Å²) in [5, 5.41) is 9.01. The minimum atomic E-state index is 0.569. The second-order valence-corrected chi connectivity index (χ2v) is 6.34. The van der Waals surface area contributed by atoms with Gasteiger partial charge in [0.2, 0.25) is 0 Å². The van der Waals surface area contributed by atoms with Gasteiger partial charge in [-0.05, 0) is 32.9 Å². The molecule has 0 aromatic carbocycles. The highest BCUT2D eigenvalue weighted by Gasteiger charge is 2.27. The Kier molecular flexibility index (Phi) is 3.36. The average Bonchev–Trinajstić information content (AvgIpc) is 2.85. The van der Waals surface area contributed by atoms with Crippen molar-refractivity contribution in [1.82, 2.24) is 20.1 Å². The van der Waals surface area contributed by atoms with Gasteiger partial charge in [-0.25, -0.2) is 0 Å². The first-order valence-electron chi connectivity index (χ1n) is 6.66. The third-order valence-corrected chi connectivity index (χ3v) is 5.20. The van der Waals surface area contributed by atoms with Crippen LogP contribution in [0.5, 0.6) is 0 Å². The number of aromatic nitrogens is 3. The third-order valence-electron chi connectivity index (χ3n) is 4.10. The van der Waals surface area contributed by atoms with Crippen LogP contribution >= 0.6 is 11.3 Å². The van der Waals surface area contributed by atoms with Crippen LogP contribution in [-0.2, 0) is 0 Å². The first-order valence-corrected chi connectivity index (χ1v) is 7.48. The molecule has 1 aliphatic heterocycles. The number of anilines is 1. The summed E-state index contributed by atoms with van der Waals surface area (Å²) in [6, 6.07) is 3.18. The lowest BCUT2D eigenvalue weighted by Gasteiger charge is -2.39. The molecule has 2 aromatic heterocycles. The normalized spacial score (nSPS) is 24.8. The number of rotatable bonds is 2. The summed E-state index contributed by atoms with van der Waals surface area (Å²) in [6.45, 7) is 3.45. The Labute approximate surface area is 117 Å². The summed E-state index contributed by atoms with van der Waals surface area (Å²) in [6.07, 6.45) is 4.11. The topological polar surface area (TPSA) is 45.2 Å². The van der Waals surface area contributed by atoms with Crippen LogP contribution in [-0.4, -0.2) is 52.8 Å². The molecule has 0 unspecified atom stereocenters. The van der Waals surface area contributed by atoms with Gasteiger partial charge in [0.15, 0.2) is 10.8 Å². The predicted molar refractivity (Wildman–Crippen MR) is 78.7 cm³/mol. The monoisotopic (exact) mass is 277 g/mol. The fourth-order valence-electron chi connectivity index (χ4n) is 2.61. The standard InChI is InChI=1S/C13H19N5S/c1-9-8-10(5-7-17(9)2)18(3)13-15-12-11(19-13)4-6-14-16-12/h4,6,9-10H,5,7-8H2,1-3H3/t9-,10-/m0/s1. The molecule has 1 aliphatic rings. The van der Waals surface area contributed by atoms with E-state index in [9.17, 15) is 0 Å². The molecule has 0 aliphatic carbocycles. The SMILES string of the molecule is C[C@H]1C[C@@H](N(C)c2nc3nnccc3s2)CCN1C. The zero-order valence-corrected chi connectivity index (χ0v) is 12.4. The van der Waals surface area contributed by atoms with Gasteiger partial charge in [-0.15, -0.1) is 5.10 Å². The van der Waals surface area contributed by atoms with Crippen LogP contribution in [0.1, 0.15) is 19.8 Å². The molecule has 0 saturated carbocycles. The lowest BCUT2D eigenvalue weighted by molar-refractivity contribution is 0.181. The minimum Gasteiger partial charge on any atom is -0.348 e. The highest BCUT2D eigenvalue weighted by Crippen LogP contribution is 2.30. The maximum absolute atomic E-state index is 4.59. The largest absolute Gasteiger partial charge is 0.348 e. The van der Waals surface area contributed by atoms with E-state index in [0.29, 0.717) is 12.1 Å². The molecule has 3 rings (SSSR count). The molecule has 0 bridgehead atoms. The van der Waals surface area contributed by atoms with Gasteiger partial charge in [0.1, 0.15) is 0 Å². The zero-order chi connectivity index (χ0) is 13.4. The van der Waals surface area contributed by atoms with Crippen LogP contribution < -0.4 is 4.90 Å². The van der Waals surface area contributed by atoms with Crippen molar-refractivity contribution in [2.45, 2.75) is 31.8 Å². The molecule has 0 spiro atoms. The van der Waals surface area contributed by atoms with Gasteiger partial charge < -0.3 is 9.80 Å². The summed E-state index contributed by atoms with van der Waals surface area (Å²) in [5.74, 6) is 0. The first-order chi connectivity index (χ1) is 9.15. The number of thiazole rings is 1. The van der Waals surface area contributed by atoms with Gasteiger partial charge in [0.05, 0.1) is 10.9 Å². The molecular formula is C13H19N5S. The molecule has 3 heterocycles. The maximum atomic E-state index is 4.59. The van der Waals surface area contributed by atoms with E-state index in [4.69, 9.17) is 0 Å². The van der Waals surface area contributed by atoms with Crippen LogP contribution in [0.2, 0.25) is 0 Å². The number of nitrogens with zero attached hydrogens (tertiary/aromatic N) is 5. The lowest BCUT2D eigenvalue weighted by atomic mass is 9.98. The fraction of sp³-hybridized carbons (Fsp3) is 0.615. The number of hydrogen-bond donors (Lipinski definition) is 0. The predicted octanol–water partition coefficient (Wildman–Crippen LogP) is 2.01. The quantitative estimate of drug-likeness (QED) is 0.840. The van der Waals surface area contributed by atoms with Crippen LogP contribution in [0.3, 0.4) is 0 Å². The van der Waals surface area contributed by atoms with E-state index >= 15 is 0 Å². The van der Waals surface area contributed by atoms with Gasteiger partial charge in [-0.3, -0.25) is 0 Å². The number of likely N-dealkylation sites (tertiary alicyclic amines) is 1. The van der Waals surface area contributed by atoms with Gasteiger partial charge in [0, 0.05) is 25.7 Å². The van der Waals surface area contributed by atoms with Crippen LogP contribution in [0.15, 0.2) is 12.3 Å². The lowest BCUT2D eigenvalue weighted by Crippen LogP contribution is -2.46. The summed E-state index contributed by atoms with van der Waals surface area (Å²) in [5.41, 5.74) is 0.760. The Balaban J connectivity index is 1.81. The Hall–Kier alpha value is -1.27. The first kappa shape index (κ1) is 12.7. The summed E-state index contributed by atoms with van der Waals surface area (Å²) < 4.78 is 1.11. The van der Waals surface area contributed by atoms with Crippen molar-refractivity contribution in [3.05, 3.63) is 12.3 Å². The molecule has 0 N–H and O–H groups in total. The molecule has 0 amide bonds. The van der Waals surface area contributed by atoms with E-state index in [2.05, 4.69) is 46.0 Å². The van der Waals surface area contributed by atoms with Crippen molar-refractivity contribution >= 4 is 26.8 Å². The van der Waals surface area contributed by atoms with E-state index < -0.39 is 0 Å². The number of fused-ring (bicyclic) bond motifs is 1. The van der Waals surface area contributed by atoms with Crippen molar-refractivity contribution in [2.75, 3.05) is 25.5 Å². The van der Waals surface area contributed by atoms with Gasteiger partial charge in [-0.2, -0.15) is 10.1 Å². The molecule has 1 saturated heterocycles. The Bertz CT molecular complexity index is 536. The molecule has 5 nitrogen and oxygen atoms in total. The average molecular weight is 277 g/mol. The summed E-state index contributed by atoms with van der Waals surface area (Å²) in [7, 11) is 4.35. The Morgan fingerprint density at radius 3 is 3.05 bits per heavy atom. The van der Waals surface area contributed by atoms with Crippen molar-refractivity contribution in [3.8, 4) is 0 Å². The zero-order valence-electron chi connectivity index (χ0n) is 11.6. The van der Waals surface area contributed by atoms with Crippen molar-refractivity contribution in [1.29, 1.82) is 0 Å². The highest BCUT2D eigenvalue weighted by molar-refractivity contribution is 7.22. The molecule has 2 aromatic rings. The van der Waals surface area contributed by atoms with Crippen LogP contribution in [0, 0.1) is 0 Å². The van der Waals surface area contributed by atoms with Gasteiger partial charge in [-0.1, -0.05) is 11.3 Å². The molecule has 2 atom stereocenters. The van der Waals surface area contributed by atoms with Crippen molar-refractivity contribution in [3.63, 3.8) is 0 Å². The summed E-state index contributed by atoms with van der Waals surface area (Å²) in [4.78, 5) is 9.33. The van der Waals surface area contributed by atoms with Gasteiger partial charge in [0.25, 0.3) is 0 Å². The highest BCUT2D eigenvalue weighted by atomic mass is 32.1. The molecule has 6 heteroatoms. The maximum Gasteiger partial charge on any atom is 0.194 e. The Morgan fingerprint density at radius 1 is 1.47 bits per heavy atom. The van der Waals surface area contributed by atoms with Crippen LogP contribution in [0.4, 0.5) is 5.13 Å². The van der Waals surface area contributed by atoms with Crippen LogP contribution in [0.25, 0.3) is 10.3 Å². The molecular weight excluding hydrogens is 258 g/mol. The van der Waals surface area contributed by atoms with E-state index in [1.54, 1.807) is 17.5 Å².